The van der Waals surface area contributed by atoms with Crippen LogP contribution in [0.1, 0.15) is 54.8 Å². The quantitative estimate of drug-likeness (QED) is 0.134. The molecule has 2 fully saturated rings. The molecule has 5 rings (SSSR count). The van der Waals surface area contributed by atoms with E-state index < -0.39 is 97.2 Å². The van der Waals surface area contributed by atoms with E-state index in [0.717, 1.165) is 5.57 Å². The predicted molar refractivity (Wildman–Crippen MR) is 159 cm³/mol. The minimum absolute atomic E-state index is 0.00855. The summed E-state index contributed by atoms with van der Waals surface area (Å²) in [5, 5.41) is 94.2. The van der Waals surface area contributed by atoms with Crippen LogP contribution in [0.4, 0.5) is 0 Å². The Bertz CT molecular complexity index is 1470. The van der Waals surface area contributed by atoms with Crippen molar-refractivity contribution in [3.05, 3.63) is 52.6 Å². The number of rotatable bonds is 8. The highest BCUT2D eigenvalue weighted by Crippen LogP contribution is 2.52. The maximum absolute atomic E-state index is 13.7. The SMILES string of the molecule is CC(C)=CCc1c(O)c(O)c(O[C@H]2O[C@@H](CO[C@H]3O[C@@H](C)[C@H](O)[C@@H](O)[C@@H]3O)[C@H](O)[C@@H](O)[C@@H]2O)c2c1O[C@H](c1ccc(O)cc1)CC2=O. The molecule has 0 amide bonds. The molecule has 11 atom stereocenters. The van der Waals surface area contributed by atoms with Gasteiger partial charge in [0.15, 0.2) is 23.6 Å². The molecule has 3 heterocycles. The number of carbonyl (C=O) groups excluding carboxylic acids is 1. The molecule has 3 aliphatic heterocycles. The molecule has 0 saturated carbocycles. The van der Waals surface area contributed by atoms with Crippen molar-refractivity contribution in [2.45, 2.75) is 101 Å². The molecule has 15 heteroatoms. The van der Waals surface area contributed by atoms with Crippen molar-refractivity contribution in [2.24, 2.45) is 0 Å². The van der Waals surface area contributed by atoms with Crippen molar-refractivity contribution >= 4 is 5.78 Å². The summed E-state index contributed by atoms with van der Waals surface area (Å²) in [7, 11) is 0. The van der Waals surface area contributed by atoms with Crippen LogP contribution < -0.4 is 9.47 Å². The number of carbonyl (C=O) groups is 1. The van der Waals surface area contributed by atoms with Crippen LogP contribution in [0.2, 0.25) is 0 Å². The summed E-state index contributed by atoms with van der Waals surface area (Å²) in [5.41, 5.74) is 1.26. The maximum Gasteiger partial charge on any atom is 0.229 e. The molecule has 0 bridgehead atoms. The number of hydrogen-bond acceptors (Lipinski definition) is 15. The number of phenolic OH excluding ortho intramolecular Hbond substituents is 3. The molecule has 47 heavy (non-hydrogen) atoms. The lowest BCUT2D eigenvalue weighted by Gasteiger charge is -2.42. The molecule has 0 radical (unpaired) electrons. The summed E-state index contributed by atoms with van der Waals surface area (Å²) in [4.78, 5) is 13.7. The van der Waals surface area contributed by atoms with Gasteiger partial charge in [0.1, 0.15) is 65.9 Å². The first-order chi connectivity index (χ1) is 22.2. The van der Waals surface area contributed by atoms with Crippen LogP contribution in [-0.2, 0) is 20.6 Å². The van der Waals surface area contributed by atoms with Gasteiger partial charge in [-0.25, -0.2) is 0 Å². The average molecular weight is 665 g/mol. The van der Waals surface area contributed by atoms with Gasteiger partial charge in [-0.2, -0.15) is 0 Å². The Morgan fingerprint density at radius 3 is 2.15 bits per heavy atom. The first-order valence-electron chi connectivity index (χ1n) is 15.1. The molecule has 9 N–H and O–H groups in total. The van der Waals surface area contributed by atoms with Crippen molar-refractivity contribution in [1.29, 1.82) is 0 Å². The van der Waals surface area contributed by atoms with Crippen molar-refractivity contribution in [3.8, 4) is 28.7 Å². The fourth-order valence-corrected chi connectivity index (χ4v) is 5.66. The molecular formula is C32H40O15. The normalized spacial score (nSPS) is 33.9. The van der Waals surface area contributed by atoms with E-state index in [-0.39, 0.29) is 35.5 Å². The largest absolute Gasteiger partial charge is 0.508 e. The molecule has 258 valence electrons. The maximum atomic E-state index is 13.7. The Morgan fingerprint density at radius 1 is 0.851 bits per heavy atom. The molecule has 15 nitrogen and oxygen atoms in total. The van der Waals surface area contributed by atoms with Crippen molar-refractivity contribution in [1.82, 2.24) is 0 Å². The van der Waals surface area contributed by atoms with Crippen molar-refractivity contribution < 1.29 is 74.4 Å². The van der Waals surface area contributed by atoms with Crippen LogP contribution in [-0.4, -0.2) is 120 Å². The van der Waals surface area contributed by atoms with Crippen LogP contribution >= 0.6 is 0 Å². The lowest BCUT2D eigenvalue weighted by molar-refractivity contribution is -0.318. The van der Waals surface area contributed by atoms with Gasteiger partial charge < -0.3 is 69.6 Å². The van der Waals surface area contributed by atoms with E-state index in [2.05, 4.69) is 0 Å². The Hall–Kier alpha value is -3.51. The van der Waals surface area contributed by atoms with Gasteiger partial charge >= 0.3 is 0 Å². The summed E-state index contributed by atoms with van der Waals surface area (Å²) >= 11 is 0. The second-order valence-electron chi connectivity index (χ2n) is 12.2. The van der Waals surface area contributed by atoms with E-state index in [1.807, 2.05) is 13.8 Å². The van der Waals surface area contributed by atoms with Crippen LogP contribution in [0.3, 0.4) is 0 Å². The highest BCUT2D eigenvalue weighted by atomic mass is 16.7. The molecule has 0 spiro atoms. The van der Waals surface area contributed by atoms with Crippen LogP contribution in [0.5, 0.6) is 28.7 Å². The molecule has 0 aromatic heterocycles. The number of phenols is 3. The topological polar surface area (TPSA) is 245 Å². The zero-order valence-electron chi connectivity index (χ0n) is 25.8. The molecule has 0 unspecified atom stereocenters. The lowest BCUT2D eigenvalue weighted by Crippen LogP contribution is -2.61. The Kier molecular flexibility index (Phi) is 10.3. The van der Waals surface area contributed by atoms with E-state index >= 15 is 0 Å². The second kappa shape index (κ2) is 13.9. The standard InChI is InChI=1S/C32H40O15/c1-12(2)4-9-16-22(36)26(40)30(20-17(34)10-18(45-29(16)20)14-5-7-15(33)8-6-14)47-32-28(42)25(39)23(37)19(46-32)11-43-31-27(41)24(38)21(35)13(3)44-31/h4-8,13,18-19,21,23-25,27-28,31-33,35-42H,9-11H2,1-3H3/t13-,18-,19-,21-,23-,24+,25+,27-,28-,31-,32+/m0/s1. The molecular weight excluding hydrogens is 624 g/mol. The summed E-state index contributed by atoms with van der Waals surface area (Å²) < 4.78 is 28.6. The number of ether oxygens (including phenoxy) is 5. The average Bonchev–Trinajstić information content (AvgIpc) is 3.03. The third-order valence-corrected chi connectivity index (χ3v) is 8.48. The van der Waals surface area contributed by atoms with E-state index in [1.54, 1.807) is 18.2 Å². The number of benzene rings is 2. The number of allylic oxidation sites excluding steroid dienone is 2. The van der Waals surface area contributed by atoms with Crippen LogP contribution in [0.25, 0.3) is 0 Å². The highest BCUT2D eigenvalue weighted by molar-refractivity contribution is 6.04. The van der Waals surface area contributed by atoms with Crippen LogP contribution in [0.15, 0.2) is 35.9 Å². The number of hydrogen-bond donors (Lipinski definition) is 9. The zero-order chi connectivity index (χ0) is 34.3. The van der Waals surface area contributed by atoms with Gasteiger partial charge in [-0.1, -0.05) is 23.8 Å². The second-order valence-corrected chi connectivity index (χ2v) is 12.2. The number of aliphatic hydroxyl groups is 6. The Morgan fingerprint density at radius 2 is 1.49 bits per heavy atom. The first kappa shape index (κ1) is 34.8. The Balaban J connectivity index is 1.45. The lowest BCUT2D eigenvalue weighted by atomic mass is 9.91. The molecule has 2 saturated heterocycles. The van der Waals surface area contributed by atoms with Crippen molar-refractivity contribution in [3.63, 3.8) is 0 Å². The van der Waals surface area contributed by atoms with Gasteiger partial charge in [-0.05, 0) is 44.9 Å². The number of ketones is 1. The summed E-state index contributed by atoms with van der Waals surface area (Å²) in [5.74, 6) is -2.76. The molecule has 2 aromatic rings. The van der Waals surface area contributed by atoms with Crippen molar-refractivity contribution in [2.75, 3.05) is 6.61 Å². The van der Waals surface area contributed by atoms with Gasteiger partial charge in [0.05, 0.1) is 19.1 Å². The summed E-state index contributed by atoms with van der Waals surface area (Å²) in [6.07, 6.45) is -15.1. The number of fused-ring (bicyclic) bond motifs is 1. The van der Waals surface area contributed by atoms with Crippen LogP contribution in [0, 0.1) is 0 Å². The van der Waals surface area contributed by atoms with E-state index in [9.17, 15) is 50.8 Å². The fraction of sp³-hybridized carbons (Fsp3) is 0.531. The first-order valence-corrected chi connectivity index (χ1v) is 15.1. The number of aromatic hydroxyl groups is 3. The van der Waals surface area contributed by atoms with Gasteiger partial charge in [-0.15, -0.1) is 0 Å². The van der Waals surface area contributed by atoms with Gasteiger partial charge in [0.25, 0.3) is 0 Å². The van der Waals surface area contributed by atoms with Gasteiger partial charge in [-0.3, -0.25) is 4.79 Å². The number of aliphatic hydroxyl groups excluding tert-OH is 6. The smallest absolute Gasteiger partial charge is 0.229 e. The highest BCUT2D eigenvalue weighted by Gasteiger charge is 2.48. The summed E-state index contributed by atoms with van der Waals surface area (Å²) in [6, 6.07) is 6.02. The zero-order valence-corrected chi connectivity index (χ0v) is 25.8. The fourth-order valence-electron chi connectivity index (χ4n) is 5.66. The minimum atomic E-state index is -1.93. The minimum Gasteiger partial charge on any atom is -0.508 e. The van der Waals surface area contributed by atoms with E-state index in [4.69, 9.17) is 23.7 Å². The number of Topliss-reactive ketones (excluding diaryl/α,β-unsaturated/α-hetero) is 1. The molecule has 3 aliphatic rings. The van der Waals surface area contributed by atoms with Gasteiger partial charge in [0, 0.05) is 5.56 Å². The monoisotopic (exact) mass is 664 g/mol. The van der Waals surface area contributed by atoms with E-state index in [1.165, 1.54) is 19.1 Å². The predicted octanol–water partition coefficient (Wildman–Crippen LogP) is 0.0491. The van der Waals surface area contributed by atoms with Gasteiger partial charge in [0.2, 0.25) is 12.0 Å². The molecule has 0 aliphatic carbocycles. The molecule has 2 aromatic carbocycles. The summed E-state index contributed by atoms with van der Waals surface area (Å²) in [6.45, 7) is 4.51. The van der Waals surface area contributed by atoms with E-state index in [0.29, 0.717) is 5.56 Å². The Labute approximate surface area is 269 Å². The third-order valence-electron chi connectivity index (χ3n) is 8.48. The third kappa shape index (κ3) is 6.90.